The average molecular weight is 472 g/mol. The molecule has 3 aromatic rings. The van der Waals surface area contributed by atoms with Crippen LogP contribution in [0.1, 0.15) is 34.5 Å². The van der Waals surface area contributed by atoms with Crippen LogP contribution >= 0.6 is 0 Å². The number of esters is 1. The summed E-state index contributed by atoms with van der Waals surface area (Å²) in [5.41, 5.74) is 1.04. The molecule has 35 heavy (non-hydrogen) atoms. The molecule has 1 amide bonds. The number of benzene rings is 3. The molecule has 1 N–H and O–H groups in total. The number of amides is 1. The molecule has 4 rings (SSSR count). The number of aliphatic hydroxyl groups is 1. The fourth-order valence-electron chi connectivity index (χ4n) is 3.92. The third-order valence-electron chi connectivity index (χ3n) is 5.57. The average Bonchev–Trinajstić information content (AvgIpc) is 3.14. The van der Waals surface area contributed by atoms with E-state index in [1.165, 1.54) is 53.4 Å². The van der Waals surface area contributed by atoms with Gasteiger partial charge >= 0.3 is 5.97 Å². The number of hydrogen-bond acceptors (Lipinski definition) is 7. The van der Waals surface area contributed by atoms with Crippen molar-refractivity contribution in [3.63, 3.8) is 0 Å². The van der Waals surface area contributed by atoms with E-state index < -0.39 is 34.4 Å². The van der Waals surface area contributed by atoms with E-state index in [2.05, 4.69) is 0 Å². The number of carbonyl (C=O) groups excluding carboxylic acids is 3. The Bertz CT molecular complexity index is 1330. The van der Waals surface area contributed by atoms with Gasteiger partial charge in [0.25, 0.3) is 17.4 Å². The number of ether oxygens (including phenoxy) is 1. The van der Waals surface area contributed by atoms with Crippen molar-refractivity contribution in [3.05, 3.63) is 111 Å². The Labute approximate surface area is 200 Å². The molecule has 1 heterocycles. The maximum atomic E-state index is 13.2. The summed E-state index contributed by atoms with van der Waals surface area (Å²) in [5, 5.41) is 22.0. The minimum atomic E-state index is -0.958. The van der Waals surface area contributed by atoms with Crippen molar-refractivity contribution in [2.24, 2.45) is 0 Å². The molecule has 176 valence electrons. The zero-order chi connectivity index (χ0) is 25.1. The number of carbonyl (C=O) groups is 3. The van der Waals surface area contributed by atoms with Crippen molar-refractivity contribution in [1.82, 2.24) is 0 Å². The molecule has 0 aliphatic carbocycles. The summed E-state index contributed by atoms with van der Waals surface area (Å²) >= 11 is 0. The normalized spacial score (nSPS) is 16.8. The Morgan fingerprint density at radius 3 is 2.14 bits per heavy atom. The van der Waals surface area contributed by atoms with Gasteiger partial charge in [0.15, 0.2) is 0 Å². The third-order valence-corrected chi connectivity index (χ3v) is 5.57. The van der Waals surface area contributed by atoms with E-state index in [0.29, 0.717) is 11.3 Å². The van der Waals surface area contributed by atoms with Crippen LogP contribution in [0, 0.1) is 10.1 Å². The number of anilines is 1. The number of ketones is 1. The second kappa shape index (κ2) is 9.60. The maximum absolute atomic E-state index is 13.2. The van der Waals surface area contributed by atoms with Gasteiger partial charge in [0.2, 0.25) is 0 Å². The number of nitro groups is 1. The van der Waals surface area contributed by atoms with Crippen LogP contribution in [0.5, 0.6) is 0 Å². The topological polar surface area (TPSA) is 127 Å². The van der Waals surface area contributed by atoms with Crippen molar-refractivity contribution in [3.8, 4) is 0 Å². The quantitative estimate of drug-likeness (QED) is 0.141. The van der Waals surface area contributed by atoms with Gasteiger partial charge in [-0.3, -0.25) is 24.6 Å². The van der Waals surface area contributed by atoms with Crippen LogP contribution < -0.4 is 4.90 Å². The molecular formula is C26H20N2O7. The molecule has 0 aromatic heterocycles. The summed E-state index contributed by atoms with van der Waals surface area (Å²) in [6.45, 7) is 1.91. The summed E-state index contributed by atoms with van der Waals surface area (Å²) in [4.78, 5) is 49.9. The van der Waals surface area contributed by atoms with Crippen molar-refractivity contribution in [2.45, 2.75) is 13.0 Å². The highest BCUT2D eigenvalue weighted by Crippen LogP contribution is 2.42. The van der Waals surface area contributed by atoms with Gasteiger partial charge in [-0.05, 0) is 48.9 Å². The number of nitro benzene ring substituents is 1. The number of hydrogen-bond donors (Lipinski definition) is 1. The first-order valence-corrected chi connectivity index (χ1v) is 10.7. The van der Waals surface area contributed by atoms with Crippen LogP contribution in [0.15, 0.2) is 84.4 Å². The lowest BCUT2D eigenvalue weighted by molar-refractivity contribution is -0.384. The Morgan fingerprint density at radius 2 is 1.57 bits per heavy atom. The standard InChI is InChI=1S/C26H20N2O7/c1-2-35-26(32)18-10-12-19(13-11-18)27-22(16-6-4-3-5-7-16)21(24(30)25(27)31)23(29)17-8-14-20(15-9-17)28(33)34/h3-15,22,29H,2H2,1H3/t22-/m0/s1. The highest BCUT2D eigenvalue weighted by atomic mass is 16.6. The van der Waals surface area contributed by atoms with Gasteiger partial charge in [-0.2, -0.15) is 0 Å². The molecule has 0 saturated carbocycles. The lowest BCUT2D eigenvalue weighted by atomic mass is 9.95. The zero-order valence-corrected chi connectivity index (χ0v) is 18.6. The number of aliphatic hydroxyl groups excluding tert-OH is 1. The summed E-state index contributed by atoms with van der Waals surface area (Å²) < 4.78 is 4.99. The lowest BCUT2D eigenvalue weighted by Crippen LogP contribution is -2.29. The number of Topliss-reactive ketones (excluding diaryl/α,β-unsaturated/α-hetero) is 1. The Morgan fingerprint density at radius 1 is 0.971 bits per heavy atom. The van der Waals surface area contributed by atoms with Gasteiger partial charge in [-0.1, -0.05) is 30.3 Å². The molecule has 1 fully saturated rings. The lowest BCUT2D eigenvalue weighted by Gasteiger charge is -2.25. The molecule has 1 aliphatic rings. The summed E-state index contributed by atoms with van der Waals surface area (Å²) in [7, 11) is 0. The van der Waals surface area contributed by atoms with Gasteiger partial charge in [0.1, 0.15) is 5.76 Å². The number of rotatable bonds is 6. The molecule has 0 unspecified atom stereocenters. The third kappa shape index (κ3) is 4.39. The van der Waals surface area contributed by atoms with Crippen LogP contribution in [0.2, 0.25) is 0 Å². The Balaban J connectivity index is 1.83. The first-order valence-electron chi connectivity index (χ1n) is 10.7. The molecule has 1 saturated heterocycles. The molecule has 1 atom stereocenters. The van der Waals surface area contributed by atoms with Gasteiger partial charge in [0.05, 0.1) is 28.7 Å². The smallest absolute Gasteiger partial charge is 0.338 e. The molecular weight excluding hydrogens is 452 g/mol. The van der Waals surface area contributed by atoms with Gasteiger partial charge in [-0.25, -0.2) is 4.79 Å². The van der Waals surface area contributed by atoms with Crippen LogP contribution in [0.4, 0.5) is 11.4 Å². The van der Waals surface area contributed by atoms with Crippen LogP contribution in [-0.2, 0) is 14.3 Å². The van der Waals surface area contributed by atoms with E-state index in [1.807, 2.05) is 0 Å². The van der Waals surface area contributed by atoms with E-state index in [9.17, 15) is 29.6 Å². The summed E-state index contributed by atoms with van der Waals surface area (Å²) in [5.74, 6) is -2.72. The fourth-order valence-corrected chi connectivity index (χ4v) is 3.92. The van der Waals surface area contributed by atoms with E-state index in [0.717, 1.165) is 0 Å². The maximum Gasteiger partial charge on any atom is 0.338 e. The zero-order valence-electron chi connectivity index (χ0n) is 18.6. The molecule has 0 radical (unpaired) electrons. The van der Waals surface area contributed by atoms with Crippen molar-refractivity contribution in [2.75, 3.05) is 11.5 Å². The monoisotopic (exact) mass is 472 g/mol. The molecule has 0 bridgehead atoms. The van der Waals surface area contributed by atoms with E-state index in [1.54, 1.807) is 37.3 Å². The second-order valence-corrected chi connectivity index (χ2v) is 7.65. The second-order valence-electron chi connectivity index (χ2n) is 7.65. The van der Waals surface area contributed by atoms with E-state index in [-0.39, 0.29) is 29.0 Å². The van der Waals surface area contributed by atoms with Gasteiger partial charge < -0.3 is 9.84 Å². The van der Waals surface area contributed by atoms with Crippen molar-refractivity contribution >= 4 is 34.8 Å². The highest BCUT2D eigenvalue weighted by molar-refractivity contribution is 6.51. The number of non-ortho nitro benzene ring substituents is 1. The first kappa shape index (κ1) is 23.4. The van der Waals surface area contributed by atoms with Gasteiger partial charge in [-0.15, -0.1) is 0 Å². The minimum absolute atomic E-state index is 0.149. The molecule has 1 aliphatic heterocycles. The highest BCUT2D eigenvalue weighted by Gasteiger charge is 2.46. The molecule has 9 heteroatoms. The SMILES string of the molecule is CCOC(=O)c1ccc(N2C(=O)C(=O)C(=C(O)c3ccc([N+](=O)[O-])cc3)[C@@H]2c2ccccc2)cc1. The van der Waals surface area contributed by atoms with Crippen LogP contribution in [0.25, 0.3) is 5.76 Å². The first-order chi connectivity index (χ1) is 16.8. The molecule has 0 spiro atoms. The van der Waals surface area contributed by atoms with E-state index >= 15 is 0 Å². The number of nitrogens with zero attached hydrogens (tertiary/aromatic N) is 2. The Kier molecular flexibility index (Phi) is 6.41. The predicted octanol–water partition coefficient (Wildman–Crippen LogP) is 4.40. The van der Waals surface area contributed by atoms with Crippen LogP contribution in [0.3, 0.4) is 0 Å². The largest absolute Gasteiger partial charge is 0.507 e. The van der Waals surface area contributed by atoms with Crippen molar-refractivity contribution in [1.29, 1.82) is 0 Å². The minimum Gasteiger partial charge on any atom is -0.507 e. The fraction of sp³-hybridized carbons (Fsp3) is 0.115. The van der Waals surface area contributed by atoms with Gasteiger partial charge in [0, 0.05) is 23.4 Å². The molecule has 3 aromatic carbocycles. The van der Waals surface area contributed by atoms with Crippen molar-refractivity contribution < 1.29 is 29.2 Å². The van der Waals surface area contributed by atoms with E-state index in [4.69, 9.17) is 4.74 Å². The molecule has 9 nitrogen and oxygen atoms in total. The van der Waals surface area contributed by atoms with Crippen LogP contribution in [-0.4, -0.2) is 34.3 Å². The summed E-state index contributed by atoms with van der Waals surface area (Å²) in [6, 6.07) is 18.8. The summed E-state index contributed by atoms with van der Waals surface area (Å²) in [6.07, 6.45) is 0. The Hall–Kier alpha value is -4.79. The predicted molar refractivity (Wildman–Crippen MR) is 127 cm³/mol.